The first-order valence-electron chi connectivity index (χ1n) is 8.79. The SMILES string of the molecule is COc1ccc2c(c1)CC[C@@H]1C2=NN(C(C)=O)[C@@H]1c1ccc([N+](=O)[O-])cc1. The van der Waals surface area contributed by atoms with E-state index in [0.29, 0.717) is 0 Å². The van der Waals surface area contributed by atoms with Crippen LogP contribution < -0.4 is 4.74 Å². The fraction of sp³-hybridized carbons (Fsp3) is 0.300. The largest absolute Gasteiger partial charge is 0.497 e. The summed E-state index contributed by atoms with van der Waals surface area (Å²) in [6.07, 6.45) is 1.72. The number of hydrazone groups is 1. The second-order valence-corrected chi connectivity index (χ2v) is 6.81. The first kappa shape index (κ1) is 17.2. The molecule has 0 spiro atoms. The van der Waals surface area contributed by atoms with E-state index in [1.807, 2.05) is 18.2 Å². The van der Waals surface area contributed by atoms with Crippen molar-refractivity contribution in [3.63, 3.8) is 0 Å². The first-order chi connectivity index (χ1) is 13.0. The smallest absolute Gasteiger partial charge is 0.269 e. The molecule has 0 N–H and O–H groups in total. The van der Waals surface area contributed by atoms with Crippen LogP contribution in [0.4, 0.5) is 5.69 Å². The Morgan fingerprint density at radius 2 is 2.00 bits per heavy atom. The zero-order valence-corrected chi connectivity index (χ0v) is 15.1. The minimum Gasteiger partial charge on any atom is -0.497 e. The van der Waals surface area contributed by atoms with E-state index < -0.39 is 4.92 Å². The molecule has 138 valence electrons. The van der Waals surface area contributed by atoms with E-state index in [1.54, 1.807) is 19.2 Å². The Bertz CT molecular complexity index is 952. The van der Waals surface area contributed by atoms with Crippen LogP contribution in [0.25, 0.3) is 0 Å². The molecular formula is C20H19N3O4. The van der Waals surface area contributed by atoms with Gasteiger partial charge in [0.05, 0.1) is 23.8 Å². The Labute approximate surface area is 156 Å². The Hall–Kier alpha value is -3.22. The second kappa shape index (κ2) is 6.50. The summed E-state index contributed by atoms with van der Waals surface area (Å²) >= 11 is 0. The molecule has 1 aliphatic heterocycles. The summed E-state index contributed by atoms with van der Waals surface area (Å²) in [6.45, 7) is 1.49. The average Bonchev–Trinajstić information content (AvgIpc) is 3.07. The van der Waals surface area contributed by atoms with Gasteiger partial charge in [0.15, 0.2) is 0 Å². The van der Waals surface area contributed by atoms with Gasteiger partial charge in [-0.1, -0.05) is 12.1 Å². The number of benzene rings is 2. The van der Waals surface area contributed by atoms with Crippen molar-refractivity contribution in [1.82, 2.24) is 5.01 Å². The van der Waals surface area contributed by atoms with Gasteiger partial charge in [0.1, 0.15) is 5.75 Å². The molecule has 0 unspecified atom stereocenters. The van der Waals surface area contributed by atoms with Gasteiger partial charge in [0, 0.05) is 30.5 Å². The number of nitro benzene ring substituents is 1. The lowest BCUT2D eigenvalue weighted by atomic mass is 9.77. The number of methoxy groups -OCH3 is 1. The van der Waals surface area contributed by atoms with E-state index in [4.69, 9.17) is 4.74 Å². The molecule has 2 aromatic carbocycles. The van der Waals surface area contributed by atoms with Crippen LogP contribution in [0.5, 0.6) is 5.75 Å². The molecule has 0 saturated carbocycles. The average molecular weight is 365 g/mol. The van der Waals surface area contributed by atoms with Gasteiger partial charge in [-0.2, -0.15) is 5.10 Å². The molecule has 1 amide bonds. The number of nitro groups is 1. The maximum atomic E-state index is 12.3. The van der Waals surface area contributed by atoms with E-state index in [9.17, 15) is 14.9 Å². The van der Waals surface area contributed by atoms with Crippen LogP contribution in [0.2, 0.25) is 0 Å². The number of ether oxygens (including phenoxy) is 1. The van der Waals surface area contributed by atoms with Crippen LogP contribution >= 0.6 is 0 Å². The Kier molecular flexibility index (Phi) is 4.14. The molecular weight excluding hydrogens is 346 g/mol. The van der Waals surface area contributed by atoms with Gasteiger partial charge in [0.25, 0.3) is 5.69 Å². The summed E-state index contributed by atoms with van der Waals surface area (Å²) in [5.74, 6) is 0.729. The Morgan fingerprint density at radius 3 is 2.63 bits per heavy atom. The highest BCUT2D eigenvalue weighted by Crippen LogP contribution is 2.44. The monoisotopic (exact) mass is 365 g/mol. The Balaban J connectivity index is 1.74. The number of fused-ring (bicyclic) bond motifs is 3. The summed E-state index contributed by atoms with van der Waals surface area (Å²) in [5.41, 5.74) is 4.00. The lowest BCUT2D eigenvalue weighted by Gasteiger charge is -2.29. The number of hydrogen-bond donors (Lipinski definition) is 0. The van der Waals surface area contributed by atoms with E-state index in [0.717, 1.165) is 41.0 Å². The molecule has 2 atom stereocenters. The minimum atomic E-state index is -0.423. The van der Waals surface area contributed by atoms with Gasteiger partial charge < -0.3 is 4.74 Å². The van der Waals surface area contributed by atoms with Gasteiger partial charge in [-0.3, -0.25) is 14.9 Å². The number of rotatable bonds is 3. The molecule has 7 heteroatoms. The zero-order chi connectivity index (χ0) is 19.1. The maximum Gasteiger partial charge on any atom is 0.269 e. The lowest BCUT2D eigenvalue weighted by Crippen LogP contribution is -2.31. The number of non-ortho nitro benzene ring substituents is 1. The topological polar surface area (TPSA) is 85.0 Å². The predicted molar refractivity (Wildman–Crippen MR) is 99.7 cm³/mol. The normalized spacial score (nSPS) is 20.5. The van der Waals surface area contributed by atoms with Crippen LogP contribution in [0, 0.1) is 16.0 Å². The molecule has 0 bridgehead atoms. The number of carbonyl (C=O) groups excluding carboxylic acids is 1. The van der Waals surface area contributed by atoms with Crippen LogP contribution in [-0.4, -0.2) is 28.7 Å². The summed E-state index contributed by atoms with van der Waals surface area (Å²) < 4.78 is 5.31. The number of hydrogen-bond acceptors (Lipinski definition) is 5. The molecule has 27 heavy (non-hydrogen) atoms. The van der Waals surface area contributed by atoms with Crippen molar-refractivity contribution in [2.75, 3.05) is 7.11 Å². The molecule has 2 aromatic rings. The predicted octanol–water partition coefficient (Wildman–Crippen LogP) is 3.47. The molecule has 0 saturated heterocycles. The summed E-state index contributed by atoms with van der Waals surface area (Å²) in [5, 5.41) is 17.1. The fourth-order valence-corrected chi connectivity index (χ4v) is 4.02. The van der Waals surface area contributed by atoms with E-state index in [-0.39, 0.29) is 23.6 Å². The van der Waals surface area contributed by atoms with E-state index in [1.165, 1.54) is 24.1 Å². The van der Waals surface area contributed by atoms with Crippen molar-refractivity contribution in [3.05, 3.63) is 69.3 Å². The maximum absolute atomic E-state index is 12.3. The highest BCUT2D eigenvalue weighted by Gasteiger charge is 2.43. The van der Waals surface area contributed by atoms with Crippen molar-refractivity contribution >= 4 is 17.3 Å². The van der Waals surface area contributed by atoms with Crippen LogP contribution in [0.3, 0.4) is 0 Å². The quantitative estimate of drug-likeness (QED) is 0.616. The first-order valence-corrected chi connectivity index (χ1v) is 8.79. The summed E-state index contributed by atoms with van der Waals surface area (Å²) in [4.78, 5) is 22.8. The standard InChI is InChI=1S/C20H19N3O4/c1-12(24)22-20(13-3-6-15(7-4-13)23(25)26)18-9-5-14-11-16(27-2)8-10-17(14)19(18)21-22/h3-4,6-8,10-11,18,20H,5,9H2,1-2H3/t18-,20-/m1/s1. The van der Waals surface area contributed by atoms with Crippen LogP contribution in [-0.2, 0) is 11.2 Å². The van der Waals surface area contributed by atoms with Crippen molar-refractivity contribution in [1.29, 1.82) is 0 Å². The number of nitrogens with zero attached hydrogens (tertiary/aromatic N) is 3. The molecule has 0 aromatic heterocycles. The van der Waals surface area contributed by atoms with Gasteiger partial charge in [0.2, 0.25) is 5.91 Å². The minimum absolute atomic E-state index is 0.0355. The summed E-state index contributed by atoms with van der Waals surface area (Å²) in [6, 6.07) is 12.1. The molecule has 7 nitrogen and oxygen atoms in total. The molecule has 0 radical (unpaired) electrons. The zero-order valence-electron chi connectivity index (χ0n) is 15.1. The third-order valence-corrected chi connectivity index (χ3v) is 5.29. The van der Waals surface area contributed by atoms with Crippen LogP contribution in [0.15, 0.2) is 47.6 Å². The number of aryl methyl sites for hydroxylation is 1. The molecule has 1 heterocycles. The van der Waals surface area contributed by atoms with Crippen molar-refractivity contribution in [2.24, 2.45) is 11.0 Å². The van der Waals surface area contributed by atoms with Gasteiger partial charge in [-0.25, -0.2) is 5.01 Å². The lowest BCUT2D eigenvalue weighted by molar-refractivity contribution is -0.384. The van der Waals surface area contributed by atoms with E-state index in [2.05, 4.69) is 5.10 Å². The number of carbonyl (C=O) groups is 1. The van der Waals surface area contributed by atoms with Crippen molar-refractivity contribution in [3.8, 4) is 5.75 Å². The van der Waals surface area contributed by atoms with Gasteiger partial charge in [-0.05, 0) is 42.2 Å². The molecule has 2 aliphatic rings. The van der Waals surface area contributed by atoms with Gasteiger partial charge >= 0.3 is 0 Å². The molecule has 0 fully saturated rings. The van der Waals surface area contributed by atoms with E-state index >= 15 is 0 Å². The third kappa shape index (κ3) is 2.85. The number of amides is 1. The molecule has 1 aliphatic carbocycles. The highest BCUT2D eigenvalue weighted by atomic mass is 16.6. The van der Waals surface area contributed by atoms with Crippen LogP contribution in [0.1, 0.15) is 36.1 Å². The van der Waals surface area contributed by atoms with Crippen molar-refractivity contribution in [2.45, 2.75) is 25.8 Å². The summed E-state index contributed by atoms with van der Waals surface area (Å²) in [7, 11) is 1.64. The third-order valence-electron chi connectivity index (χ3n) is 5.29. The fourth-order valence-electron chi connectivity index (χ4n) is 4.02. The second-order valence-electron chi connectivity index (χ2n) is 6.81. The van der Waals surface area contributed by atoms with Gasteiger partial charge in [-0.15, -0.1) is 0 Å². The Morgan fingerprint density at radius 1 is 1.26 bits per heavy atom. The highest BCUT2D eigenvalue weighted by molar-refractivity contribution is 6.06. The van der Waals surface area contributed by atoms with Crippen molar-refractivity contribution < 1.29 is 14.5 Å². The molecule has 4 rings (SSSR count).